The Balaban J connectivity index is 2.03. The summed E-state index contributed by atoms with van der Waals surface area (Å²) in [5.41, 5.74) is 2.58. The van der Waals surface area contributed by atoms with Crippen LogP contribution in [0.15, 0.2) is 48.5 Å². The summed E-state index contributed by atoms with van der Waals surface area (Å²) in [6, 6.07) is 14.1. The van der Waals surface area contributed by atoms with Crippen molar-refractivity contribution in [3.05, 3.63) is 54.2 Å². The van der Waals surface area contributed by atoms with E-state index in [1.807, 2.05) is 24.3 Å². The molecule has 130 valence electrons. The summed E-state index contributed by atoms with van der Waals surface area (Å²) in [5, 5.41) is 9.71. The van der Waals surface area contributed by atoms with E-state index in [0.717, 1.165) is 0 Å². The van der Waals surface area contributed by atoms with E-state index in [1.54, 1.807) is 32.4 Å². The number of nitrogens with zero attached hydrogens (tertiary/aromatic N) is 3. The highest BCUT2D eigenvalue weighted by Gasteiger charge is 2.18. The van der Waals surface area contributed by atoms with Gasteiger partial charge in [0.15, 0.2) is 0 Å². The van der Waals surface area contributed by atoms with Crippen LogP contribution in [0.3, 0.4) is 0 Å². The number of aromatic carboxylic acids is 1. The molecule has 0 bridgehead atoms. The van der Waals surface area contributed by atoms with Gasteiger partial charge in [-0.2, -0.15) is 0 Å². The Bertz CT molecular complexity index is 1150. The molecule has 0 fully saturated rings. The molecule has 2 aromatic heterocycles. The average Bonchev–Trinajstić information content (AvgIpc) is 3.04. The summed E-state index contributed by atoms with van der Waals surface area (Å²) in [7, 11) is 3.11. The lowest BCUT2D eigenvalue weighted by molar-refractivity contribution is 0.0689. The zero-order valence-electron chi connectivity index (χ0n) is 14.1. The van der Waals surface area contributed by atoms with Gasteiger partial charge >= 0.3 is 5.97 Å². The predicted octanol–water partition coefficient (Wildman–Crippen LogP) is 3.26. The summed E-state index contributed by atoms with van der Waals surface area (Å²) in [4.78, 5) is 20.9. The van der Waals surface area contributed by atoms with Crippen molar-refractivity contribution < 1.29 is 19.4 Å². The van der Waals surface area contributed by atoms with Crippen LogP contribution in [0, 0.1) is 0 Å². The fraction of sp³-hybridized carbons (Fsp3) is 0.105. The van der Waals surface area contributed by atoms with Gasteiger partial charge in [-0.25, -0.2) is 14.8 Å². The third-order valence-electron chi connectivity index (χ3n) is 4.18. The minimum atomic E-state index is -1.06. The van der Waals surface area contributed by atoms with Crippen LogP contribution in [-0.4, -0.2) is 39.7 Å². The summed E-state index contributed by atoms with van der Waals surface area (Å²) in [5.74, 6) is 0.429. The van der Waals surface area contributed by atoms with Crippen LogP contribution in [0.4, 0.5) is 0 Å². The van der Waals surface area contributed by atoms with E-state index >= 15 is 0 Å². The molecular weight excluding hydrogens is 334 g/mol. The highest BCUT2D eigenvalue weighted by Crippen LogP contribution is 2.33. The third-order valence-corrected chi connectivity index (χ3v) is 4.18. The summed E-state index contributed by atoms with van der Waals surface area (Å²) in [6.07, 6.45) is 0. The van der Waals surface area contributed by atoms with Crippen LogP contribution < -0.4 is 9.47 Å². The minimum Gasteiger partial charge on any atom is -0.497 e. The van der Waals surface area contributed by atoms with Gasteiger partial charge in [0, 0.05) is 11.6 Å². The molecule has 2 heterocycles. The number of carboxylic acid groups (broad SMARTS) is 1. The van der Waals surface area contributed by atoms with E-state index in [0.29, 0.717) is 39.6 Å². The number of para-hydroxylation sites is 2. The number of carboxylic acids is 1. The quantitative estimate of drug-likeness (QED) is 0.609. The second-order valence-corrected chi connectivity index (χ2v) is 5.63. The van der Waals surface area contributed by atoms with Crippen molar-refractivity contribution in [3.8, 4) is 22.8 Å². The van der Waals surface area contributed by atoms with Crippen LogP contribution in [0.2, 0.25) is 0 Å². The highest BCUT2D eigenvalue weighted by atomic mass is 16.5. The molecule has 0 atom stereocenters. The molecule has 4 aromatic rings. The molecule has 0 spiro atoms. The molecule has 0 saturated heterocycles. The average molecular weight is 349 g/mol. The Morgan fingerprint density at radius 1 is 1.04 bits per heavy atom. The fourth-order valence-corrected chi connectivity index (χ4v) is 2.97. The van der Waals surface area contributed by atoms with Crippen LogP contribution in [0.5, 0.6) is 11.5 Å². The molecule has 1 N–H and O–H groups in total. The van der Waals surface area contributed by atoms with Gasteiger partial charge in [0.05, 0.1) is 30.9 Å². The second kappa shape index (κ2) is 6.03. The maximum Gasteiger partial charge on any atom is 0.353 e. The van der Waals surface area contributed by atoms with Crippen molar-refractivity contribution in [2.24, 2.45) is 0 Å². The molecule has 0 aliphatic rings. The van der Waals surface area contributed by atoms with Crippen molar-refractivity contribution >= 4 is 22.8 Å². The number of rotatable bonds is 4. The largest absolute Gasteiger partial charge is 0.497 e. The predicted molar refractivity (Wildman–Crippen MR) is 96.0 cm³/mol. The Labute approximate surface area is 148 Å². The molecule has 0 aliphatic carbocycles. The first kappa shape index (κ1) is 15.9. The number of imidazole rings is 1. The molecule has 26 heavy (non-hydrogen) atoms. The van der Waals surface area contributed by atoms with Crippen LogP contribution in [-0.2, 0) is 0 Å². The number of benzene rings is 2. The standard InChI is InChI=1S/C19H15N3O4/c1-25-11-7-8-12(17(9-11)26-2)14-10-16(18(23)24)22-15-6-4-3-5-13(15)20-19(22)21-14/h3-10H,1-2H3,(H,23,24). The molecule has 4 rings (SSSR count). The first-order valence-electron chi connectivity index (χ1n) is 7.86. The maximum atomic E-state index is 11.9. The van der Waals surface area contributed by atoms with E-state index in [1.165, 1.54) is 10.5 Å². The first-order valence-corrected chi connectivity index (χ1v) is 7.86. The van der Waals surface area contributed by atoms with Crippen molar-refractivity contribution in [1.29, 1.82) is 0 Å². The molecular formula is C19H15N3O4. The first-order chi connectivity index (χ1) is 12.6. The summed E-state index contributed by atoms with van der Waals surface area (Å²) in [6.45, 7) is 0. The Kier molecular flexibility index (Phi) is 3.69. The molecule has 2 aromatic carbocycles. The summed E-state index contributed by atoms with van der Waals surface area (Å²) >= 11 is 0. The number of methoxy groups -OCH3 is 2. The number of hydrogen-bond donors (Lipinski definition) is 1. The monoisotopic (exact) mass is 349 g/mol. The Hall–Kier alpha value is -3.61. The van der Waals surface area contributed by atoms with Crippen molar-refractivity contribution in [2.45, 2.75) is 0 Å². The second-order valence-electron chi connectivity index (χ2n) is 5.63. The van der Waals surface area contributed by atoms with Crippen LogP contribution in [0.1, 0.15) is 10.5 Å². The Morgan fingerprint density at radius 3 is 2.58 bits per heavy atom. The summed E-state index contributed by atoms with van der Waals surface area (Å²) < 4.78 is 12.2. The van der Waals surface area contributed by atoms with Gasteiger partial charge < -0.3 is 14.6 Å². The van der Waals surface area contributed by atoms with E-state index in [-0.39, 0.29) is 5.69 Å². The van der Waals surface area contributed by atoms with Gasteiger partial charge in [0.25, 0.3) is 0 Å². The van der Waals surface area contributed by atoms with E-state index in [9.17, 15) is 9.90 Å². The van der Waals surface area contributed by atoms with Gasteiger partial charge in [0.1, 0.15) is 17.2 Å². The van der Waals surface area contributed by atoms with Crippen molar-refractivity contribution in [2.75, 3.05) is 14.2 Å². The van der Waals surface area contributed by atoms with Gasteiger partial charge in [-0.1, -0.05) is 12.1 Å². The zero-order chi connectivity index (χ0) is 18.3. The molecule has 7 heteroatoms. The number of ether oxygens (including phenoxy) is 2. The number of hydrogen-bond acceptors (Lipinski definition) is 5. The topological polar surface area (TPSA) is 86.0 Å². The van der Waals surface area contributed by atoms with Crippen LogP contribution in [0.25, 0.3) is 28.1 Å². The fourth-order valence-electron chi connectivity index (χ4n) is 2.97. The van der Waals surface area contributed by atoms with Crippen molar-refractivity contribution in [1.82, 2.24) is 14.4 Å². The lowest BCUT2D eigenvalue weighted by atomic mass is 10.1. The van der Waals surface area contributed by atoms with Gasteiger partial charge in [-0.15, -0.1) is 0 Å². The Morgan fingerprint density at radius 2 is 1.85 bits per heavy atom. The van der Waals surface area contributed by atoms with Gasteiger partial charge in [-0.3, -0.25) is 4.40 Å². The number of carbonyl (C=O) groups is 1. The highest BCUT2D eigenvalue weighted by molar-refractivity contribution is 5.92. The molecule has 0 aliphatic heterocycles. The molecule has 7 nitrogen and oxygen atoms in total. The number of fused-ring (bicyclic) bond motifs is 3. The van der Waals surface area contributed by atoms with E-state index in [2.05, 4.69) is 9.97 Å². The van der Waals surface area contributed by atoms with Gasteiger partial charge in [0.2, 0.25) is 5.78 Å². The molecule has 0 unspecified atom stereocenters. The smallest absolute Gasteiger partial charge is 0.353 e. The molecule has 0 saturated carbocycles. The van der Waals surface area contributed by atoms with Gasteiger partial charge in [-0.05, 0) is 30.3 Å². The van der Waals surface area contributed by atoms with Crippen LogP contribution >= 0.6 is 0 Å². The maximum absolute atomic E-state index is 11.9. The third kappa shape index (κ3) is 2.41. The zero-order valence-corrected chi connectivity index (χ0v) is 14.1. The molecule has 0 radical (unpaired) electrons. The lowest BCUT2D eigenvalue weighted by Gasteiger charge is -2.11. The lowest BCUT2D eigenvalue weighted by Crippen LogP contribution is -2.07. The van der Waals surface area contributed by atoms with Crippen molar-refractivity contribution in [3.63, 3.8) is 0 Å². The van der Waals surface area contributed by atoms with E-state index in [4.69, 9.17) is 9.47 Å². The SMILES string of the molecule is COc1ccc(-c2cc(C(=O)O)n3c(n2)nc2ccccc23)c(OC)c1. The minimum absolute atomic E-state index is 0.0802. The normalized spacial score (nSPS) is 11.0. The van der Waals surface area contributed by atoms with E-state index < -0.39 is 5.97 Å². The number of aromatic nitrogens is 3. The molecule has 0 amide bonds.